The molecule has 7 N–H and O–H groups in total. The molecule has 0 bridgehead atoms. The smallest absolute Gasteiger partial charge is 0.326 e. The summed E-state index contributed by atoms with van der Waals surface area (Å²) in [5.41, 5.74) is 6.33. The van der Waals surface area contributed by atoms with Crippen molar-refractivity contribution in [1.82, 2.24) is 16.0 Å². The number of phenolic OH excluding ortho intramolecular Hbond substituents is 1. The predicted octanol–water partition coefficient (Wildman–Crippen LogP) is -0.203. The van der Waals surface area contributed by atoms with Gasteiger partial charge in [0.15, 0.2) is 0 Å². The highest BCUT2D eigenvalue weighted by Gasteiger charge is 2.30. The molecule has 0 aliphatic heterocycles. The van der Waals surface area contributed by atoms with Crippen LogP contribution in [0, 0.1) is 5.92 Å². The van der Waals surface area contributed by atoms with Gasteiger partial charge in [0.2, 0.25) is 17.7 Å². The van der Waals surface area contributed by atoms with Crippen molar-refractivity contribution in [3.05, 3.63) is 29.8 Å². The average Bonchev–Trinajstić information content (AvgIpc) is 2.76. The molecule has 0 spiro atoms. The highest BCUT2D eigenvalue weighted by molar-refractivity contribution is 7.80. The van der Waals surface area contributed by atoms with E-state index in [0.29, 0.717) is 12.0 Å². The van der Waals surface area contributed by atoms with E-state index >= 15 is 0 Å². The molecule has 1 aromatic rings. The van der Waals surface area contributed by atoms with Crippen LogP contribution in [0.4, 0.5) is 0 Å². The minimum absolute atomic E-state index is 0.0514. The molecule has 0 fully saturated rings. The van der Waals surface area contributed by atoms with Gasteiger partial charge in [-0.05, 0) is 30.5 Å². The summed E-state index contributed by atoms with van der Waals surface area (Å²) in [5, 5.41) is 26.3. The number of carboxylic acid groups (broad SMARTS) is 1. The number of carbonyl (C=O) groups excluding carboxylic acids is 3. The second-order valence-corrected chi connectivity index (χ2v) is 8.03. The van der Waals surface area contributed by atoms with Gasteiger partial charge in [-0.25, -0.2) is 4.79 Å². The van der Waals surface area contributed by atoms with Crippen molar-refractivity contribution < 1.29 is 29.4 Å². The Morgan fingerprint density at radius 2 is 1.59 bits per heavy atom. The van der Waals surface area contributed by atoms with Gasteiger partial charge < -0.3 is 31.9 Å². The summed E-state index contributed by atoms with van der Waals surface area (Å²) in [7, 11) is 0. The number of hydrogen-bond acceptors (Lipinski definition) is 7. The Labute approximate surface area is 192 Å². The molecule has 5 unspecified atom stereocenters. The highest BCUT2D eigenvalue weighted by Crippen LogP contribution is 2.12. The van der Waals surface area contributed by atoms with Crippen molar-refractivity contribution >= 4 is 36.3 Å². The lowest BCUT2D eigenvalue weighted by molar-refractivity contribution is -0.143. The summed E-state index contributed by atoms with van der Waals surface area (Å²) in [6, 6.07) is 1.96. The third-order valence-electron chi connectivity index (χ3n) is 5.07. The third-order valence-corrected chi connectivity index (χ3v) is 5.46. The number of aliphatic carboxylic acids is 1. The number of carboxylic acids is 1. The lowest BCUT2D eigenvalue weighted by Crippen LogP contribution is -2.57. The normalized spacial score (nSPS) is 15.5. The van der Waals surface area contributed by atoms with E-state index < -0.39 is 47.9 Å². The summed E-state index contributed by atoms with van der Waals surface area (Å²) in [5.74, 6) is -3.23. The van der Waals surface area contributed by atoms with Crippen molar-refractivity contribution in [1.29, 1.82) is 0 Å². The summed E-state index contributed by atoms with van der Waals surface area (Å²) >= 11 is 3.98. The minimum atomic E-state index is -1.16. The van der Waals surface area contributed by atoms with Crippen LogP contribution in [0.1, 0.15) is 32.8 Å². The minimum Gasteiger partial charge on any atom is -0.508 e. The van der Waals surface area contributed by atoms with E-state index in [1.807, 2.05) is 6.92 Å². The Hall–Kier alpha value is -2.79. The lowest BCUT2D eigenvalue weighted by atomic mass is 9.99. The molecule has 178 valence electrons. The van der Waals surface area contributed by atoms with Gasteiger partial charge >= 0.3 is 5.97 Å². The van der Waals surface area contributed by atoms with Crippen LogP contribution in [-0.4, -0.2) is 63.8 Å². The summed E-state index contributed by atoms with van der Waals surface area (Å²) < 4.78 is 0. The Morgan fingerprint density at radius 3 is 2.09 bits per heavy atom. The second-order valence-electron chi connectivity index (χ2n) is 7.66. The maximum Gasteiger partial charge on any atom is 0.326 e. The molecule has 3 amide bonds. The van der Waals surface area contributed by atoms with E-state index in [2.05, 4.69) is 28.6 Å². The maximum absolute atomic E-state index is 12.9. The second kappa shape index (κ2) is 12.9. The number of aromatic hydroxyl groups is 1. The maximum atomic E-state index is 12.9. The molecule has 0 aliphatic rings. The van der Waals surface area contributed by atoms with E-state index in [-0.39, 0.29) is 23.8 Å². The largest absolute Gasteiger partial charge is 0.508 e. The number of phenols is 1. The lowest BCUT2D eigenvalue weighted by Gasteiger charge is -2.25. The van der Waals surface area contributed by atoms with Crippen LogP contribution in [0.25, 0.3) is 0 Å². The Morgan fingerprint density at radius 1 is 1.00 bits per heavy atom. The van der Waals surface area contributed by atoms with Crippen molar-refractivity contribution in [3.63, 3.8) is 0 Å². The van der Waals surface area contributed by atoms with Crippen molar-refractivity contribution in [2.24, 2.45) is 11.7 Å². The van der Waals surface area contributed by atoms with Gasteiger partial charge in [0.05, 0.1) is 6.04 Å². The van der Waals surface area contributed by atoms with E-state index in [9.17, 15) is 29.4 Å². The van der Waals surface area contributed by atoms with Crippen molar-refractivity contribution in [3.8, 4) is 5.75 Å². The van der Waals surface area contributed by atoms with Gasteiger partial charge in [-0.1, -0.05) is 32.4 Å². The molecular formula is C21H32N4O6S. The molecule has 1 aromatic carbocycles. The van der Waals surface area contributed by atoms with Crippen LogP contribution in [0.2, 0.25) is 0 Å². The molecular weight excluding hydrogens is 436 g/mol. The molecule has 0 saturated heterocycles. The number of amides is 3. The van der Waals surface area contributed by atoms with Crippen LogP contribution >= 0.6 is 12.6 Å². The van der Waals surface area contributed by atoms with Crippen molar-refractivity contribution in [2.75, 3.05) is 5.75 Å². The molecule has 0 aliphatic carbocycles. The number of carbonyl (C=O) groups is 4. The molecule has 10 nitrogen and oxygen atoms in total. The number of nitrogens with one attached hydrogen (secondary N) is 3. The van der Waals surface area contributed by atoms with Crippen LogP contribution in [0.3, 0.4) is 0 Å². The number of nitrogens with two attached hydrogens (primary N) is 1. The molecule has 5 atom stereocenters. The zero-order chi connectivity index (χ0) is 24.4. The van der Waals surface area contributed by atoms with Gasteiger partial charge in [-0.15, -0.1) is 0 Å². The first-order chi connectivity index (χ1) is 15.0. The Kier molecular flexibility index (Phi) is 11.0. The zero-order valence-electron chi connectivity index (χ0n) is 18.4. The molecule has 0 aromatic heterocycles. The van der Waals surface area contributed by atoms with Gasteiger partial charge in [-0.3, -0.25) is 14.4 Å². The topological polar surface area (TPSA) is 171 Å². The van der Waals surface area contributed by atoms with E-state index in [1.54, 1.807) is 19.1 Å². The third kappa shape index (κ3) is 8.39. The molecule has 0 radical (unpaired) electrons. The summed E-state index contributed by atoms with van der Waals surface area (Å²) in [4.78, 5) is 49.0. The molecule has 0 saturated carbocycles. The van der Waals surface area contributed by atoms with Gasteiger partial charge in [0, 0.05) is 12.2 Å². The Balaban J connectivity index is 2.92. The van der Waals surface area contributed by atoms with Crippen molar-refractivity contribution in [2.45, 2.75) is 57.8 Å². The van der Waals surface area contributed by atoms with Crippen LogP contribution < -0.4 is 21.7 Å². The van der Waals surface area contributed by atoms with Crippen LogP contribution in [-0.2, 0) is 25.6 Å². The number of rotatable bonds is 12. The first-order valence-corrected chi connectivity index (χ1v) is 10.9. The summed E-state index contributed by atoms with van der Waals surface area (Å²) in [6.07, 6.45) is 0.625. The van der Waals surface area contributed by atoms with Gasteiger partial charge in [0.1, 0.15) is 23.9 Å². The SMILES string of the molecule is CCC(C)C(NC(=O)C(C)NC(=O)C(Cc1ccc(O)cc1)NC(=O)C(N)CS)C(=O)O. The first kappa shape index (κ1) is 27.2. The van der Waals surface area contributed by atoms with E-state index in [4.69, 9.17) is 5.73 Å². The standard InChI is InChI=1S/C21H32N4O6S/c1-4-11(2)17(21(30)31)25-18(27)12(3)23-20(29)16(24-19(28)15(22)10-32)9-13-5-7-14(26)8-6-13/h5-8,11-12,15-17,26,32H,4,9-10,22H2,1-3H3,(H,23,29)(H,24,28)(H,25,27)(H,30,31). The molecule has 11 heteroatoms. The van der Waals surface area contributed by atoms with E-state index in [1.165, 1.54) is 19.1 Å². The number of hydrogen-bond donors (Lipinski definition) is 7. The fourth-order valence-electron chi connectivity index (χ4n) is 2.78. The van der Waals surface area contributed by atoms with Gasteiger partial charge in [0.25, 0.3) is 0 Å². The quantitative estimate of drug-likeness (QED) is 0.208. The number of benzene rings is 1. The van der Waals surface area contributed by atoms with Gasteiger partial charge in [-0.2, -0.15) is 12.6 Å². The molecule has 0 heterocycles. The number of thiol groups is 1. The van der Waals surface area contributed by atoms with Crippen LogP contribution in [0.15, 0.2) is 24.3 Å². The average molecular weight is 469 g/mol. The summed E-state index contributed by atoms with van der Waals surface area (Å²) in [6.45, 7) is 4.93. The van der Waals surface area contributed by atoms with Crippen LogP contribution in [0.5, 0.6) is 5.75 Å². The Bertz CT molecular complexity index is 804. The first-order valence-electron chi connectivity index (χ1n) is 10.3. The zero-order valence-corrected chi connectivity index (χ0v) is 19.3. The fraction of sp³-hybridized carbons (Fsp3) is 0.524. The molecule has 32 heavy (non-hydrogen) atoms. The fourth-order valence-corrected chi connectivity index (χ4v) is 2.95. The molecule has 1 rings (SSSR count). The highest BCUT2D eigenvalue weighted by atomic mass is 32.1. The monoisotopic (exact) mass is 468 g/mol. The van der Waals surface area contributed by atoms with E-state index in [0.717, 1.165) is 0 Å². The predicted molar refractivity (Wildman–Crippen MR) is 122 cm³/mol.